The highest BCUT2D eigenvalue weighted by Gasteiger charge is 2.39. The molecule has 0 bridgehead atoms. The fourth-order valence-electron chi connectivity index (χ4n) is 5.87. The highest BCUT2D eigenvalue weighted by Crippen LogP contribution is 2.34. The highest BCUT2D eigenvalue weighted by molar-refractivity contribution is 5.96. The van der Waals surface area contributed by atoms with E-state index in [4.69, 9.17) is 14.2 Å². The number of hydrogen-bond donors (Lipinski definition) is 1. The summed E-state index contributed by atoms with van der Waals surface area (Å²) >= 11 is 0. The summed E-state index contributed by atoms with van der Waals surface area (Å²) in [4.78, 5) is 46.2. The standard InChI is InChI=1S/C36H40N4O6/c1-5-19-40-31(24-38-20-21-39(25(3)23-38)34(41)26-15-17-28(44-4)18-16-26)32(35(42)45-6-2)33(37-36(40)43)27-11-10-14-30(22-27)46-29-12-8-7-9-13-29/h5,7-18,22,25,33H,1,6,19-21,23-24H2,2-4H3,(H,37,43). The van der Waals surface area contributed by atoms with Gasteiger partial charge in [0.25, 0.3) is 5.91 Å². The monoisotopic (exact) mass is 624 g/mol. The molecule has 0 radical (unpaired) electrons. The molecular formula is C36H40N4O6. The van der Waals surface area contributed by atoms with Crippen LogP contribution in [0.5, 0.6) is 17.2 Å². The minimum absolute atomic E-state index is 0.0516. The SMILES string of the molecule is C=CCN1C(=O)NC(c2cccc(Oc3ccccc3)c2)C(C(=O)OCC)=C1CN1CCN(C(=O)c2ccc(OC)cc2)C(C)C1. The Morgan fingerprint density at radius 3 is 2.39 bits per heavy atom. The molecule has 2 aliphatic heterocycles. The number of benzene rings is 3. The van der Waals surface area contributed by atoms with E-state index in [1.807, 2.05) is 66.4 Å². The van der Waals surface area contributed by atoms with Gasteiger partial charge in [0.1, 0.15) is 17.2 Å². The van der Waals surface area contributed by atoms with E-state index in [1.165, 1.54) is 0 Å². The normalized spacial score (nSPS) is 18.5. The Morgan fingerprint density at radius 1 is 0.978 bits per heavy atom. The number of urea groups is 1. The third kappa shape index (κ3) is 7.24. The van der Waals surface area contributed by atoms with E-state index in [9.17, 15) is 14.4 Å². The molecule has 3 aromatic rings. The van der Waals surface area contributed by atoms with E-state index in [0.29, 0.717) is 65.8 Å². The van der Waals surface area contributed by atoms with Gasteiger partial charge in [-0.3, -0.25) is 14.6 Å². The molecule has 46 heavy (non-hydrogen) atoms. The second-order valence-electron chi connectivity index (χ2n) is 11.2. The smallest absolute Gasteiger partial charge is 0.338 e. The zero-order chi connectivity index (χ0) is 32.6. The zero-order valence-corrected chi connectivity index (χ0v) is 26.5. The number of carbonyl (C=O) groups excluding carboxylic acids is 3. The Bertz CT molecular complexity index is 1590. The summed E-state index contributed by atoms with van der Waals surface area (Å²) in [6.45, 7) is 9.89. The Labute approximate surface area is 269 Å². The van der Waals surface area contributed by atoms with Crippen LogP contribution in [0.2, 0.25) is 0 Å². The summed E-state index contributed by atoms with van der Waals surface area (Å²) in [5.41, 5.74) is 2.17. The van der Waals surface area contributed by atoms with Gasteiger partial charge in [0.15, 0.2) is 0 Å². The van der Waals surface area contributed by atoms with Crippen molar-refractivity contribution in [3.8, 4) is 17.2 Å². The summed E-state index contributed by atoms with van der Waals surface area (Å²) in [5, 5.41) is 3.02. The van der Waals surface area contributed by atoms with Crippen LogP contribution >= 0.6 is 0 Å². The molecule has 3 aromatic carbocycles. The molecule has 3 amide bonds. The van der Waals surface area contributed by atoms with E-state index in [2.05, 4.69) is 16.8 Å². The van der Waals surface area contributed by atoms with Crippen LogP contribution in [0, 0.1) is 0 Å². The Balaban J connectivity index is 1.44. The molecule has 2 heterocycles. The number of carbonyl (C=O) groups is 3. The van der Waals surface area contributed by atoms with E-state index in [0.717, 1.165) is 0 Å². The van der Waals surface area contributed by atoms with Gasteiger partial charge in [0.2, 0.25) is 0 Å². The van der Waals surface area contributed by atoms with Crippen molar-refractivity contribution < 1.29 is 28.6 Å². The van der Waals surface area contributed by atoms with Crippen molar-refractivity contribution in [2.24, 2.45) is 0 Å². The van der Waals surface area contributed by atoms with Crippen molar-refractivity contribution in [2.45, 2.75) is 25.9 Å². The molecule has 0 saturated carbocycles. The fourth-order valence-corrected chi connectivity index (χ4v) is 5.87. The van der Waals surface area contributed by atoms with Gasteiger partial charge in [-0.05, 0) is 67.9 Å². The lowest BCUT2D eigenvalue weighted by atomic mass is 9.93. The van der Waals surface area contributed by atoms with E-state index in [-0.39, 0.29) is 31.1 Å². The number of piperazine rings is 1. The maximum absolute atomic E-state index is 13.7. The number of ether oxygens (including phenoxy) is 3. The lowest BCUT2D eigenvalue weighted by molar-refractivity contribution is -0.139. The number of nitrogens with one attached hydrogen (secondary N) is 1. The lowest BCUT2D eigenvalue weighted by Crippen LogP contribution is -2.56. The predicted molar refractivity (Wildman–Crippen MR) is 175 cm³/mol. The van der Waals surface area contributed by atoms with E-state index in [1.54, 1.807) is 49.3 Å². The molecule has 10 nitrogen and oxygen atoms in total. The van der Waals surface area contributed by atoms with Crippen molar-refractivity contribution in [1.82, 2.24) is 20.0 Å². The van der Waals surface area contributed by atoms with Crippen LogP contribution in [0.1, 0.15) is 35.8 Å². The van der Waals surface area contributed by atoms with Crippen LogP contribution in [0.3, 0.4) is 0 Å². The first-order valence-corrected chi connectivity index (χ1v) is 15.4. The van der Waals surface area contributed by atoms with E-state index < -0.39 is 12.0 Å². The molecule has 240 valence electrons. The average molecular weight is 625 g/mol. The Hall–Kier alpha value is -5.09. The molecule has 1 fully saturated rings. The van der Waals surface area contributed by atoms with E-state index >= 15 is 0 Å². The third-order valence-corrected chi connectivity index (χ3v) is 8.10. The second kappa shape index (κ2) is 14.8. The molecule has 0 aromatic heterocycles. The minimum Gasteiger partial charge on any atom is -0.497 e. The van der Waals surface area contributed by atoms with Crippen molar-refractivity contribution in [1.29, 1.82) is 0 Å². The number of hydrogen-bond acceptors (Lipinski definition) is 7. The van der Waals surface area contributed by atoms with Crippen molar-refractivity contribution in [2.75, 3.05) is 46.4 Å². The minimum atomic E-state index is -0.766. The molecular weight excluding hydrogens is 584 g/mol. The van der Waals surface area contributed by atoms with Crippen molar-refractivity contribution >= 4 is 17.9 Å². The summed E-state index contributed by atoms with van der Waals surface area (Å²) in [7, 11) is 1.59. The van der Waals surface area contributed by atoms with Gasteiger partial charge in [0.05, 0.1) is 25.3 Å². The van der Waals surface area contributed by atoms with Gasteiger partial charge < -0.3 is 24.4 Å². The van der Waals surface area contributed by atoms with Crippen LogP contribution in [-0.2, 0) is 9.53 Å². The largest absolute Gasteiger partial charge is 0.497 e. The summed E-state index contributed by atoms with van der Waals surface area (Å²) < 4.78 is 16.8. The first kappa shape index (κ1) is 32.3. The van der Waals surface area contributed by atoms with Gasteiger partial charge in [0, 0.05) is 50.0 Å². The molecule has 1 N–H and O–H groups in total. The summed E-state index contributed by atoms with van der Waals surface area (Å²) in [5.74, 6) is 1.37. The predicted octanol–water partition coefficient (Wildman–Crippen LogP) is 5.40. The summed E-state index contributed by atoms with van der Waals surface area (Å²) in [6.07, 6.45) is 1.63. The lowest BCUT2D eigenvalue weighted by Gasteiger charge is -2.43. The van der Waals surface area contributed by atoms with Gasteiger partial charge in [-0.15, -0.1) is 6.58 Å². The maximum Gasteiger partial charge on any atom is 0.338 e. The molecule has 1 saturated heterocycles. The Kier molecular flexibility index (Phi) is 10.4. The molecule has 10 heteroatoms. The Morgan fingerprint density at radius 2 is 1.72 bits per heavy atom. The quantitative estimate of drug-likeness (QED) is 0.225. The maximum atomic E-state index is 13.7. The van der Waals surface area contributed by atoms with Crippen LogP contribution < -0.4 is 14.8 Å². The fraction of sp³-hybridized carbons (Fsp3) is 0.306. The third-order valence-electron chi connectivity index (χ3n) is 8.10. The van der Waals surface area contributed by atoms with Crippen LogP contribution in [0.15, 0.2) is 103 Å². The van der Waals surface area contributed by atoms with Gasteiger partial charge in [-0.2, -0.15) is 0 Å². The highest BCUT2D eigenvalue weighted by atomic mass is 16.5. The van der Waals surface area contributed by atoms with Crippen LogP contribution in [0.4, 0.5) is 4.79 Å². The molecule has 2 atom stereocenters. The molecule has 2 unspecified atom stereocenters. The van der Waals surface area contributed by atoms with Crippen molar-refractivity contribution in [3.05, 3.63) is 114 Å². The van der Waals surface area contributed by atoms with Gasteiger partial charge in [-0.25, -0.2) is 9.59 Å². The van der Waals surface area contributed by atoms with Crippen LogP contribution in [-0.4, -0.2) is 85.1 Å². The second-order valence-corrected chi connectivity index (χ2v) is 11.2. The zero-order valence-electron chi connectivity index (χ0n) is 26.5. The average Bonchev–Trinajstić information content (AvgIpc) is 3.06. The van der Waals surface area contributed by atoms with Gasteiger partial charge in [-0.1, -0.05) is 36.4 Å². The van der Waals surface area contributed by atoms with Crippen molar-refractivity contribution in [3.63, 3.8) is 0 Å². The number of amides is 3. The molecule has 0 aliphatic carbocycles. The number of methoxy groups -OCH3 is 1. The number of nitrogens with zero attached hydrogens (tertiary/aromatic N) is 3. The molecule has 0 spiro atoms. The molecule has 2 aliphatic rings. The van der Waals surface area contributed by atoms with Gasteiger partial charge >= 0.3 is 12.0 Å². The molecule has 5 rings (SSSR count). The number of rotatable bonds is 11. The number of esters is 1. The summed E-state index contributed by atoms with van der Waals surface area (Å²) in [6, 6.07) is 22.6. The first-order chi connectivity index (χ1) is 22.3. The van der Waals surface area contributed by atoms with Crippen LogP contribution in [0.25, 0.3) is 0 Å². The first-order valence-electron chi connectivity index (χ1n) is 15.4. The topological polar surface area (TPSA) is 101 Å². The number of para-hydroxylation sites is 1.